The first-order valence-electron chi connectivity index (χ1n) is 5.75. The van der Waals surface area contributed by atoms with E-state index < -0.39 is 0 Å². The monoisotopic (exact) mass is 262 g/mol. The molecule has 1 atom stereocenters. The largest absolute Gasteiger partial charge is 0.362 e. The second-order valence-electron chi connectivity index (χ2n) is 4.24. The van der Waals surface area contributed by atoms with Crippen LogP contribution in [-0.4, -0.2) is 15.2 Å². The molecular formula is C13H15ClN4. The Bertz CT molecular complexity index is 542. The highest BCUT2D eigenvalue weighted by atomic mass is 35.5. The Labute approximate surface area is 111 Å². The fourth-order valence-electron chi connectivity index (χ4n) is 1.65. The maximum Gasteiger partial charge on any atom is 0.155 e. The van der Waals surface area contributed by atoms with E-state index >= 15 is 0 Å². The molecule has 0 spiro atoms. The van der Waals surface area contributed by atoms with E-state index in [-0.39, 0.29) is 6.04 Å². The van der Waals surface area contributed by atoms with E-state index in [4.69, 9.17) is 11.6 Å². The molecule has 0 aliphatic heterocycles. The van der Waals surface area contributed by atoms with E-state index in [0.29, 0.717) is 5.15 Å². The number of nitrogens with zero attached hydrogens (tertiary/aromatic N) is 3. The topological polar surface area (TPSA) is 50.7 Å². The van der Waals surface area contributed by atoms with Crippen LogP contribution in [0.3, 0.4) is 0 Å². The Balaban J connectivity index is 2.22. The molecule has 2 rings (SSSR count). The quantitative estimate of drug-likeness (QED) is 0.922. The van der Waals surface area contributed by atoms with Gasteiger partial charge in [0.15, 0.2) is 11.0 Å². The summed E-state index contributed by atoms with van der Waals surface area (Å²) in [6.07, 6.45) is 3.55. The molecule has 1 unspecified atom stereocenters. The second-order valence-corrected chi connectivity index (χ2v) is 4.59. The number of aromatic nitrogens is 3. The first-order valence-corrected chi connectivity index (χ1v) is 6.13. The minimum Gasteiger partial charge on any atom is -0.362 e. The summed E-state index contributed by atoms with van der Waals surface area (Å²) in [6.45, 7) is 5.99. The molecule has 0 bridgehead atoms. The third-order valence-corrected chi connectivity index (χ3v) is 3.38. The summed E-state index contributed by atoms with van der Waals surface area (Å²) in [6, 6.07) is 4.09. The summed E-state index contributed by atoms with van der Waals surface area (Å²) in [4.78, 5) is 4.00. The first kappa shape index (κ1) is 12.8. The summed E-state index contributed by atoms with van der Waals surface area (Å²) in [7, 11) is 0. The van der Waals surface area contributed by atoms with E-state index in [1.165, 1.54) is 0 Å². The molecule has 1 N–H and O–H groups in total. The normalized spacial score (nSPS) is 12.2. The number of hydrogen-bond donors (Lipinski definition) is 1. The van der Waals surface area contributed by atoms with Crippen LogP contribution in [0.5, 0.6) is 0 Å². The summed E-state index contributed by atoms with van der Waals surface area (Å²) >= 11 is 5.93. The van der Waals surface area contributed by atoms with Gasteiger partial charge in [-0.25, -0.2) is 0 Å². The van der Waals surface area contributed by atoms with E-state index in [1.54, 1.807) is 12.4 Å². The minimum atomic E-state index is 0.140. The van der Waals surface area contributed by atoms with Gasteiger partial charge in [0.05, 0.1) is 6.04 Å². The Morgan fingerprint density at radius 2 is 1.78 bits per heavy atom. The van der Waals surface area contributed by atoms with Crippen molar-refractivity contribution in [2.24, 2.45) is 0 Å². The van der Waals surface area contributed by atoms with E-state index in [9.17, 15) is 0 Å². The van der Waals surface area contributed by atoms with Crippen LogP contribution in [0.25, 0.3) is 0 Å². The van der Waals surface area contributed by atoms with Crippen molar-refractivity contribution in [1.82, 2.24) is 15.2 Å². The lowest BCUT2D eigenvalue weighted by atomic mass is 10.1. The molecule has 0 aliphatic carbocycles. The Morgan fingerprint density at radius 3 is 2.44 bits per heavy atom. The number of halogens is 1. The lowest BCUT2D eigenvalue weighted by Gasteiger charge is -2.16. The standard InChI is InChI=1S/C13H15ClN4/c1-8-9(2)13(18-17-12(8)14)16-10(3)11-4-6-15-7-5-11/h4-7,10H,1-3H3,(H,16,18). The molecule has 0 aliphatic rings. The molecular weight excluding hydrogens is 248 g/mol. The number of hydrogen-bond acceptors (Lipinski definition) is 4. The van der Waals surface area contributed by atoms with Gasteiger partial charge in [0.1, 0.15) is 0 Å². The van der Waals surface area contributed by atoms with Crippen LogP contribution in [0.4, 0.5) is 5.82 Å². The predicted octanol–water partition coefficient (Wildman–Crippen LogP) is 3.31. The van der Waals surface area contributed by atoms with Gasteiger partial charge in [0, 0.05) is 12.4 Å². The van der Waals surface area contributed by atoms with Gasteiger partial charge in [-0.15, -0.1) is 10.2 Å². The van der Waals surface area contributed by atoms with Crippen LogP contribution in [0.2, 0.25) is 5.15 Å². The van der Waals surface area contributed by atoms with Gasteiger partial charge in [0.25, 0.3) is 0 Å². The molecule has 0 saturated heterocycles. The van der Waals surface area contributed by atoms with Gasteiger partial charge in [0.2, 0.25) is 0 Å². The Hall–Kier alpha value is -1.68. The predicted molar refractivity (Wildman–Crippen MR) is 72.8 cm³/mol. The zero-order valence-corrected chi connectivity index (χ0v) is 11.4. The number of nitrogens with one attached hydrogen (secondary N) is 1. The highest BCUT2D eigenvalue weighted by Crippen LogP contribution is 2.24. The molecule has 0 aromatic carbocycles. The fraction of sp³-hybridized carbons (Fsp3) is 0.308. The van der Waals surface area contributed by atoms with Gasteiger partial charge in [-0.05, 0) is 49.6 Å². The molecule has 0 amide bonds. The lowest BCUT2D eigenvalue weighted by Crippen LogP contribution is -2.10. The fourth-order valence-corrected chi connectivity index (χ4v) is 1.83. The molecule has 2 aromatic rings. The average Bonchev–Trinajstić information content (AvgIpc) is 2.40. The summed E-state index contributed by atoms with van der Waals surface area (Å²) in [5, 5.41) is 11.8. The van der Waals surface area contributed by atoms with Crippen molar-refractivity contribution in [2.45, 2.75) is 26.8 Å². The number of anilines is 1. The number of rotatable bonds is 3. The van der Waals surface area contributed by atoms with Gasteiger partial charge in [-0.3, -0.25) is 4.98 Å². The van der Waals surface area contributed by atoms with E-state index in [0.717, 1.165) is 22.5 Å². The Morgan fingerprint density at radius 1 is 1.11 bits per heavy atom. The third-order valence-electron chi connectivity index (χ3n) is 3.02. The Kier molecular flexibility index (Phi) is 3.77. The van der Waals surface area contributed by atoms with E-state index in [1.807, 2.05) is 26.0 Å². The molecule has 2 aromatic heterocycles. The van der Waals surface area contributed by atoms with Crippen molar-refractivity contribution in [3.63, 3.8) is 0 Å². The van der Waals surface area contributed by atoms with Crippen LogP contribution < -0.4 is 5.32 Å². The summed E-state index contributed by atoms with van der Waals surface area (Å²) < 4.78 is 0. The molecule has 0 fully saturated rings. The van der Waals surface area contributed by atoms with Crippen molar-refractivity contribution in [2.75, 3.05) is 5.32 Å². The zero-order valence-electron chi connectivity index (χ0n) is 10.6. The lowest BCUT2D eigenvalue weighted by molar-refractivity contribution is 0.850. The van der Waals surface area contributed by atoms with Crippen molar-refractivity contribution < 1.29 is 0 Å². The number of pyridine rings is 1. The molecule has 94 valence electrons. The van der Waals surface area contributed by atoms with Crippen molar-refractivity contribution in [3.8, 4) is 0 Å². The molecule has 4 nitrogen and oxygen atoms in total. The maximum atomic E-state index is 5.93. The highest BCUT2D eigenvalue weighted by Gasteiger charge is 2.11. The first-order chi connectivity index (χ1) is 8.59. The van der Waals surface area contributed by atoms with Gasteiger partial charge in [-0.1, -0.05) is 11.6 Å². The molecule has 5 heteroatoms. The SMILES string of the molecule is Cc1c(Cl)nnc(NC(C)c2ccncc2)c1C. The average molecular weight is 263 g/mol. The highest BCUT2D eigenvalue weighted by molar-refractivity contribution is 6.30. The van der Waals surface area contributed by atoms with Crippen LogP contribution in [-0.2, 0) is 0 Å². The third kappa shape index (κ3) is 2.59. The van der Waals surface area contributed by atoms with Gasteiger partial charge in [-0.2, -0.15) is 0 Å². The van der Waals surface area contributed by atoms with E-state index in [2.05, 4.69) is 27.4 Å². The van der Waals surface area contributed by atoms with Crippen LogP contribution in [0, 0.1) is 13.8 Å². The van der Waals surface area contributed by atoms with Crippen LogP contribution in [0.1, 0.15) is 29.7 Å². The maximum absolute atomic E-state index is 5.93. The smallest absolute Gasteiger partial charge is 0.155 e. The van der Waals surface area contributed by atoms with Gasteiger partial charge >= 0.3 is 0 Å². The summed E-state index contributed by atoms with van der Waals surface area (Å²) in [5.74, 6) is 0.765. The molecule has 0 radical (unpaired) electrons. The van der Waals surface area contributed by atoms with Crippen molar-refractivity contribution in [3.05, 3.63) is 46.4 Å². The summed E-state index contributed by atoms with van der Waals surface area (Å²) in [5.41, 5.74) is 3.13. The van der Waals surface area contributed by atoms with Crippen LogP contribution >= 0.6 is 11.6 Å². The molecule has 0 saturated carbocycles. The molecule has 18 heavy (non-hydrogen) atoms. The van der Waals surface area contributed by atoms with Crippen LogP contribution in [0.15, 0.2) is 24.5 Å². The van der Waals surface area contributed by atoms with Gasteiger partial charge < -0.3 is 5.32 Å². The zero-order chi connectivity index (χ0) is 13.1. The van der Waals surface area contributed by atoms with Crippen molar-refractivity contribution in [1.29, 1.82) is 0 Å². The minimum absolute atomic E-state index is 0.140. The molecule has 2 heterocycles. The van der Waals surface area contributed by atoms with Crippen molar-refractivity contribution >= 4 is 17.4 Å². The second kappa shape index (κ2) is 5.31.